The molecule has 156 valence electrons. The highest BCUT2D eigenvalue weighted by atomic mass is 35.5. The second-order valence-electron chi connectivity index (χ2n) is 6.86. The molecule has 0 aliphatic rings. The lowest BCUT2D eigenvalue weighted by atomic mass is 10.1. The van der Waals surface area contributed by atoms with E-state index >= 15 is 0 Å². The van der Waals surface area contributed by atoms with Crippen molar-refractivity contribution in [3.8, 4) is 5.75 Å². The van der Waals surface area contributed by atoms with Crippen molar-refractivity contribution in [1.82, 2.24) is 20.1 Å². The summed E-state index contributed by atoms with van der Waals surface area (Å²) in [5, 5.41) is 8.07. The topological polar surface area (TPSA) is 78.0 Å². The number of nitrogens with one attached hydrogen (secondary N) is 1. The molecule has 0 amide bonds. The van der Waals surface area contributed by atoms with Crippen LogP contribution in [0.15, 0.2) is 78.1 Å². The highest BCUT2D eigenvalue weighted by molar-refractivity contribution is 6.34. The van der Waals surface area contributed by atoms with E-state index in [1.54, 1.807) is 0 Å². The minimum atomic E-state index is -0.0951. The van der Waals surface area contributed by atoms with Gasteiger partial charge in [0.15, 0.2) is 5.82 Å². The molecule has 1 aromatic heterocycles. The van der Waals surface area contributed by atoms with Crippen LogP contribution in [0.5, 0.6) is 5.75 Å². The summed E-state index contributed by atoms with van der Waals surface area (Å²) in [6.45, 7) is 8.56. The molecule has 2 aromatic carbocycles. The van der Waals surface area contributed by atoms with Crippen molar-refractivity contribution in [2.45, 2.75) is 32.9 Å². The van der Waals surface area contributed by atoms with Gasteiger partial charge in [-0.15, -0.1) is 0 Å². The maximum atomic E-state index is 6.59. The van der Waals surface area contributed by atoms with Gasteiger partial charge in [-0.3, -0.25) is 0 Å². The third kappa shape index (κ3) is 5.21. The van der Waals surface area contributed by atoms with E-state index < -0.39 is 0 Å². The number of nitrogens with zero attached hydrogens (tertiary/aromatic N) is 3. The normalized spacial score (nSPS) is 12.8. The van der Waals surface area contributed by atoms with Gasteiger partial charge in [-0.25, -0.2) is 0 Å². The summed E-state index contributed by atoms with van der Waals surface area (Å²) in [4.78, 5) is 4.00. The van der Waals surface area contributed by atoms with Crippen LogP contribution in [0.2, 0.25) is 0 Å². The predicted octanol–water partition coefficient (Wildman–Crippen LogP) is 5.12. The van der Waals surface area contributed by atoms with E-state index in [1.165, 1.54) is 11.0 Å². The van der Waals surface area contributed by atoms with Crippen LogP contribution in [0, 0.1) is 0 Å². The Labute approximate surface area is 182 Å². The predicted molar refractivity (Wildman–Crippen MR) is 122 cm³/mol. The Bertz CT molecular complexity index is 1030. The fraction of sp³-hybridized carbons (Fsp3) is 0.217. The van der Waals surface area contributed by atoms with Crippen LogP contribution < -0.4 is 15.8 Å². The number of ether oxygens (including phenoxy) is 1. The first kappa shape index (κ1) is 21.5. The van der Waals surface area contributed by atoms with E-state index in [0.29, 0.717) is 23.9 Å². The van der Waals surface area contributed by atoms with E-state index in [-0.39, 0.29) is 12.0 Å². The van der Waals surface area contributed by atoms with Gasteiger partial charge in [-0.1, -0.05) is 67.6 Å². The number of aromatic nitrogens is 3. The Hall–Kier alpha value is -3.25. The van der Waals surface area contributed by atoms with Crippen molar-refractivity contribution in [2.75, 3.05) is 5.73 Å². The molecule has 0 bridgehead atoms. The summed E-state index contributed by atoms with van der Waals surface area (Å²) in [6.07, 6.45) is 2.09. The van der Waals surface area contributed by atoms with Gasteiger partial charge in [-0.05, 0) is 42.2 Å². The number of anilines is 1. The summed E-state index contributed by atoms with van der Waals surface area (Å²) in [7, 11) is 0. The zero-order chi connectivity index (χ0) is 21.5. The standard InChI is InChI=1S/C23H26ClN5O/c1-4-16(2)21(24)22(29-23(25)26-15-27-29)28-17(3)19-11-8-12-20(13-19)30-14-18-9-6-5-7-10-18/h5-13,15,17,28H,2,4,14H2,1,3H3,(H2,25,26,27)/b22-21+/t17-/m0/s1. The van der Waals surface area contributed by atoms with Gasteiger partial charge >= 0.3 is 0 Å². The maximum absolute atomic E-state index is 6.59. The summed E-state index contributed by atoms with van der Waals surface area (Å²) < 4.78 is 7.44. The van der Waals surface area contributed by atoms with E-state index in [0.717, 1.165) is 22.4 Å². The second kappa shape index (κ2) is 9.98. The number of rotatable bonds is 9. The summed E-state index contributed by atoms with van der Waals surface area (Å²) in [5.74, 6) is 1.58. The lowest BCUT2D eigenvalue weighted by molar-refractivity contribution is 0.305. The maximum Gasteiger partial charge on any atom is 0.224 e. The van der Waals surface area contributed by atoms with Crippen molar-refractivity contribution < 1.29 is 4.74 Å². The molecule has 0 radical (unpaired) electrons. The number of hydrogen-bond donors (Lipinski definition) is 2. The van der Waals surface area contributed by atoms with Crippen LogP contribution >= 0.6 is 11.6 Å². The molecule has 0 aliphatic carbocycles. The van der Waals surface area contributed by atoms with E-state index in [9.17, 15) is 0 Å². The first-order valence-corrected chi connectivity index (χ1v) is 10.1. The van der Waals surface area contributed by atoms with Gasteiger partial charge in [0.05, 0.1) is 11.1 Å². The van der Waals surface area contributed by atoms with Gasteiger partial charge in [0.1, 0.15) is 18.7 Å². The average Bonchev–Trinajstić information content (AvgIpc) is 3.21. The van der Waals surface area contributed by atoms with Crippen LogP contribution in [0.25, 0.3) is 5.82 Å². The molecule has 30 heavy (non-hydrogen) atoms. The van der Waals surface area contributed by atoms with Crippen molar-refractivity contribution in [3.05, 3.63) is 89.2 Å². The van der Waals surface area contributed by atoms with Crippen LogP contribution in [-0.2, 0) is 6.61 Å². The van der Waals surface area contributed by atoms with Gasteiger partial charge in [0.2, 0.25) is 5.95 Å². The fourth-order valence-electron chi connectivity index (χ4n) is 2.87. The quantitative estimate of drug-likeness (QED) is 0.467. The number of allylic oxidation sites excluding steroid dienone is 2. The van der Waals surface area contributed by atoms with Crippen LogP contribution in [-0.4, -0.2) is 14.8 Å². The third-order valence-electron chi connectivity index (χ3n) is 4.69. The van der Waals surface area contributed by atoms with E-state index in [4.69, 9.17) is 22.1 Å². The van der Waals surface area contributed by atoms with Gasteiger partial charge in [0, 0.05) is 0 Å². The number of halogens is 1. The largest absolute Gasteiger partial charge is 0.489 e. The molecule has 0 aliphatic heterocycles. The molecule has 1 heterocycles. The summed E-state index contributed by atoms with van der Waals surface area (Å²) in [6, 6.07) is 17.9. The fourth-order valence-corrected chi connectivity index (χ4v) is 3.13. The Morgan fingerprint density at radius 2 is 2.00 bits per heavy atom. The van der Waals surface area contributed by atoms with E-state index in [2.05, 4.69) is 22.0 Å². The second-order valence-corrected chi connectivity index (χ2v) is 7.24. The number of nitrogens with two attached hydrogens (primary N) is 1. The highest BCUT2D eigenvalue weighted by Crippen LogP contribution is 2.27. The zero-order valence-corrected chi connectivity index (χ0v) is 17.9. The molecule has 1 atom stereocenters. The van der Waals surface area contributed by atoms with Crippen LogP contribution in [0.4, 0.5) is 5.95 Å². The summed E-state index contributed by atoms with van der Waals surface area (Å²) in [5.41, 5.74) is 8.89. The van der Waals surface area contributed by atoms with Crippen LogP contribution in [0.3, 0.4) is 0 Å². The molecular weight excluding hydrogens is 398 g/mol. The molecule has 3 rings (SSSR count). The number of nitrogen functional groups attached to an aromatic ring is 1. The minimum absolute atomic E-state index is 0.0951. The molecule has 0 fully saturated rings. The molecule has 3 aromatic rings. The zero-order valence-electron chi connectivity index (χ0n) is 17.2. The van der Waals surface area contributed by atoms with Crippen molar-refractivity contribution in [2.24, 2.45) is 0 Å². The smallest absolute Gasteiger partial charge is 0.224 e. The lowest BCUT2D eigenvalue weighted by Crippen LogP contribution is -2.24. The average molecular weight is 424 g/mol. The molecular formula is C23H26ClN5O. The Balaban J connectivity index is 1.80. The highest BCUT2D eigenvalue weighted by Gasteiger charge is 2.17. The van der Waals surface area contributed by atoms with Crippen molar-refractivity contribution in [1.29, 1.82) is 0 Å². The summed E-state index contributed by atoms with van der Waals surface area (Å²) >= 11 is 6.59. The molecule has 0 spiro atoms. The molecule has 3 N–H and O–H groups in total. The lowest BCUT2D eigenvalue weighted by Gasteiger charge is -2.21. The monoisotopic (exact) mass is 423 g/mol. The number of benzene rings is 2. The van der Waals surface area contributed by atoms with Crippen LogP contribution in [0.1, 0.15) is 37.4 Å². The van der Waals surface area contributed by atoms with Gasteiger partial charge < -0.3 is 15.8 Å². The molecule has 7 heteroatoms. The van der Waals surface area contributed by atoms with Crippen molar-refractivity contribution >= 4 is 23.4 Å². The molecule has 0 saturated carbocycles. The van der Waals surface area contributed by atoms with Crippen molar-refractivity contribution in [3.63, 3.8) is 0 Å². The SMILES string of the molecule is C=C(CC)/C(Cl)=C(/N[C@@H](C)c1cccc(OCc2ccccc2)c1)n1ncnc1N. The Morgan fingerprint density at radius 3 is 2.67 bits per heavy atom. The molecule has 6 nitrogen and oxygen atoms in total. The third-order valence-corrected chi connectivity index (χ3v) is 5.14. The molecule has 0 unspecified atom stereocenters. The Morgan fingerprint density at radius 1 is 1.23 bits per heavy atom. The molecule has 0 saturated heterocycles. The minimum Gasteiger partial charge on any atom is -0.489 e. The first-order valence-electron chi connectivity index (χ1n) is 9.76. The van der Waals surface area contributed by atoms with E-state index in [1.807, 2.05) is 68.4 Å². The first-order chi connectivity index (χ1) is 14.5. The van der Waals surface area contributed by atoms with Gasteiger partial charge in [0.25, 0.3) is 0 Å². The Kier molecular flexibility index (Phi) is 7.14. The van der Waals surface area contributed by atoms with Gasteiger partial charge in [-0.2, -0.15) is 14.8 Å². The number of hydrogen-bond acceptors (Lipinski definition) is 5.